The third kappa shape index (κ3) is 8.06. The number of aromatic nitrogens is 1. The Bertz CT molecular complexity index is 1550. The second-order valence-corrected chi connectivity index (χ2v) is 14.5. The van der Waals surface area contributed by atoms with Gasteiger partial charge in [-0.15, -0.1) is 23.1 Å². The number of benzene rings is 1. The number of thioether (sulfide) groups is 1. The Balaban J connectivity index is 1.50. The van der Waals surface area contributed by atoms with Gasteiger partial charge >= 0.3 is 0 Å². The average Bonchev–Trinajstić information content (AvgIpc) is 3.86. The molecular formula is C33H43N7O6S2. The number of aliphatic hydroxyl groups is 1. The van der Waals surface area contributed by atoms with E-state index >= 15 is 0 Å². The Morgan fingerprint density at radius 2 is 1.71 bits per heavy atom. The van der Waals surface area contributed by atoms with Crippen LogP contribution in [0.2, 0.25) is 0 Å². The van der Waals surface area contributed by atoms with Gasteiger partial charge in [-0.05, 0) is 38.2 Å². The summed E-state index contributed by atoms with van der Waals surface area (Å²) in [6.07, 6.45) is 0.541. The molecule has 2 aromatic rings. The zero-order valence-electron chi connectivity index (χ0n) is 27.5. The normalized spacial score (nSPS) is 28.6. The number of amides is 5. The van der Waals surface area contributed by atoms with E-state index in [1.807, 2.05) is 44.2 Å². The maximum absolute atomic E-state index is 14.1. The van der Waals surface area contributed by atoms with Crippen molar-refractivity contribution in [3.63, 3.8) is 0 Å². The van der Waals surface area contributed by atoms with Crippen LogP contribution in [0.5, 0.6) is 0 Å². The fourth-order valence-corrected chi connectivity index (χ4v) is 8.06. The predicted octanol–water partition coefficient (Wildman–Crippen LogP) is 1.58. The van der Waals surface area contributed by atoms with Crippen molar-refractivity contribution >= 4 is 57.7 Å². The second kappa shape index (κ2) is 15.6. The van der Waals surface area contributed by atoms with Crippen molar-refractivity contribution in [3.05, 3.63) is 52.0 Å². The van der Waals surface area contributed by atoms with Crippen LogP contribution < -0.4 is 21.3 Å². The Morgan fingerprint density at radius 3 is 2.42 bits per heavy atom. The lowest BCUT2D eigenvalue weighted by Gasteiger charge is -2.31. The summed E-state index contributed by atoms with van der Waals surface area (Å²) in [6, 6.07) is 4.28. The summed E-state index contributed by atoms with van der Waals surface area (Å²) in [5, 5.41) is 24.8. The van der Waals surface area contributed by atoms with Gasteiger partial charge in [0.2, 0.25) is 23.6 Å². The van der Waals surface area contributed by atoms with Crippen molar-refractivity contribution in [1.82, 2.24) is 31.2 Å². The van der Waals surface area contributed by atoms with Gasteiger partial charge in [0.15, 0.2) is 0 Å². The van der Waals surface area contributed by atoms with Gasteiger partial charge in [0, 0.05) is 24.1 Å². The Morgan fingerprint density at radius 1 is 0.979 bits per heavy atom. The molecule has 0 saturated carbocycles. The standard InChI is InChI=1S/C33H43N7O6S2/c1-5-17(2)25-32-37-22(16-48-32)27(42)34-18(3)31-36-23(15-47-31)28(43)35-21(14-20-10-7-6-8-11-20)33(46)40-13-9-12-24(40)29(44)39-26(19(4)41)30(45)38-25/h6-8,10-11,15,17-19,21-22,24-26,41H,5,9,12-14,16H2,1-4H3,(H,34,42)(H,35,43)(H,38,45)(H,39,44)/t17-,18-,19-,21+,22+,24+,25-,26+/m1/s1. The van der Waals surface area contributed by atoms with Crippen LogP contribution in [-0.4, -0.2) is 98.2 Å². The lowest BCUT2D eigenvalue weighted by molar-refractivity contribution is -0.141. The van der Waals surface area contributed by atoms with E-state index in [0.29, 0.717) is 35.1 Å². The number of hydrogen-bond acceptors (Lipinski definition) is 10. The van der Waals surface area contributed by atoms with E-state index in [1.54, 1.807) is 12.3 Å². The summed E-state index contributed by atoms with van der Waals surface area (Å²) < 4.78 is 0. The van der Waals surface area contributed by atoms with Crippen molar-refractivity contribution in [1.29, 1.82) is 0 Å². The fourth-order valence-electron chi connectivity index (χ4n) is 6.03. The molecule has 4 heterocycles. The highest BCUT2D eigenvalue weighted by Crippen LogP contribution is 2.27. The second-order valence-electron chi connectivity index (χ2n) is 12.6. The molecule has 8 atom stereocenters. The maximum Gasteiger partial charge on any atom is 0.271 e. The summed E-state index contributed by atoms with van der Waals surface area (Å²) in [5.74, 6) is -2.14. The van der Waals surface area contributed by atoms with Gasteiger partial charge in [0.05, 0.1) is 23.2 Å². The Labute approximate surface area is 288 Å². The number of rotatable bonds is 5. The first-order valence-corrected chi connectivity index (χ1v) is 18.2. The number of nitrogens with zero attached hydrogens (tertiary/aromatic N) is 3. The minimum Gasteiger partial charge on any atom is -0.391 e. The number of nitrogens with one attached hydrogen (secondary N) is 4. The highest BCUT2D eigenvalue weighted by Gasteiger charge is 2.41. The highest BCUT2D eigenvalue weighted by molar-refractivity contribution is 8.14. The van der Waals surface area contributed by atoms with Crippen LogP contribution in [0, 0.1) is 5.92 Å². The average molecular weight is 698 g/mol. The van der Waals surface area contributed by atoms with Gasteiger partial charge in [0.25, 0.3) is 5.91 Å². The zero-order valence-corrected chi connectivity index (χ0v) is 29.1. The molecule has 15 heteroatoms. The third-order valence-electron chi connectivity index (χ3n) is 9.02. The monoisotopic (exact) mass is 697 g/mol. The SMILES string of the molecule is CC[C@@H](C)[C@H]1NC(=O)[C@H]([C@@H](C)O)NC(=O)[C@@H]2CCCN2C(=O)[C@H](Cc2ccccc2)NC(=O)c2csc(n2)[C@@H](C)NC(=O)[C@@H]2CSC1=N2. The molecule has 48 heavy (non-hydrogen) atoms. The van der Waals surface area contributed by atoms with Gasteiger partial charge in [0.1, 0.15) is 34.9 Å². The van der Waals surface area contributed by atoms with Crippen molar-refractivity contribution in [2.75, 3.05) is 12.3 Å². The van der Waals surface area contributed by atoms with Gasteiger partial charge in [-0.1, -0.05) is 50.6 Å². The molecule has 1 fully saturated rings. The van der Waals surface area contributed by atoms with Crippen molar-refractivity contribution in [2.24, 2.45) is 10.9 Å². The van der Waals surface area contributed by atoms with Crippen LogP contribution in [0.15, 0.2) is 40.7 Å². The molecule has 1 saturated heterocycles. The van der Waals surface area contributed by atoms with E-state index in [9.17, 15) is 29.1 Å². The van der Waals surface area contributed by atoms with Gasteiger partial charge in [-0.25, -0.2) is 4.98 Å². The minimum absolute atomic E-state index is 0.0591. The minimum atomic E-state index is -1.30. The van der Waals surface area contributed by atoms with E-state index in [2.05, 4.69) is 31.2 Å². The summed E-state index contributed by atoms with van der Waals surface area (Å²) in [5.41, 5.74) is 0.927. The first kappa shape index (κ1) is 35.5. The lowest BCUT2D eigenvalue weighted by Crippen LogP contribution is -2.60. The van der Waals surface area contributed by atoms with Crippen LogP contribution in [-0.2, 0) is 25.6 Å². The number of aliphatic imine (C=N–C) groups is 1. The Kier molecular flexibility index (Phi) is 11.5. The molecule has 1 aromatic carbocycles. The van der Waals surface area contributed by atoms with Crippen LogP contribution >= 0.6 is 23.1 Å². The summed E-state index contributed by atoms with van der Waals surface area (Å²) in [4.78, 5) is 78.9. The van der Waals surface area contributed by atoms with E-state index in [0.717, 1.165) is 5.56 Å². The van der Waals surface area contributed by atoms with E-state index in [4.69, 9.17) is 0 Å². The molecule has 5 N–H and O–H groups in total. The maximum atomic E-state index is 14.1. The molecule has 258 valence electrons. The zero-order chi connectivity index (χ0) is 34.5. The molecule has 13 nitrogen and oxygen atoms in total. The molecule has 3 aliphatic heterocycles. The van der Waals surface area contributed by atoms with Crippen LogP contribution in [0.1, 0.15) is 74.1 Å². The number of carbonyl (C=O) groups excluding carboxylic acids is 5. The van der Waals surface area contributed by atoms with E-state index in [-0.39, 0.29) is 30.5 Å². The Hall–Kier alpha value is -3.82. The van der Waals surface area contributed by atoms with Crippen molar-refractivity contribution in [3.8, 4) is 0 Å². The van der Waals surface area contributed by atoms with Crippen molar-refractivity contribution in [2.45, 2.75) is 95.7 Å². The first-order valence-electron chi connectivity index (χ1n) is 16.4. The van der Waals surface area contributed by atoms with Crippen LogP contribution in [0.4, 0.5) is 0 Å². The topological polar surface area (TPSA) is 182 Å². The van der Waals surface area contributed by atoms with Crippen LogP contribution in [0.3, 0.4) is 0 Å². The molecule has 0 aliphatic carbocycles. The third-order valence-corrected chi connectivity index (χ3v) is 11.2. The summed E-state index contributed by atoms with van der Waals surface area (Å²) in [6.45, 7) is 7.42. The summed E-state index contributed by atoms with van der Waals surface area (Å²) in [7, 11) is 0. The van der Waals surface area contributed by atoms with Gasteiger partial charge in [-0.2, -0.15) is 0 Å². The van der Waals surface area contributed by atoms with Crippen molar-refractivity contribution < 1.29 is 29.1 Å². The molecule has 1 aromatic heterocycles. The van der Waals surface area contributed by atoms with E-state index in [1.165, 1.54) is 34.9 Å². The number of thiazole rings is 1. The number of aliphatic hydroxyl groups excluding tert-OH is 1. The quantitative estimate of drug-likeness (QED) is 0.312. The smallest absolute Gasteiger partial charge is 0.271 e. The molecule has 5 amide bonds. The first-order chi connectivity index (χ1) is 23.0. The molecule has 3 aliphatic rings. The predicted molar refractivity (Wildman–Crippen MR) is 183 cm³/mol. The number of hydrogen-bond donors (Lipinski definition) is 5. The fraction of sp³-hybridized carbons (Fsp3) is 0.545. The molecule has 5 rings (SSSR count). The molecule has 0 radical (unpaired) electrons. The number of fused-ring (bicyclic) bond motifs is 4. The molecular weight excluding hydrogens is 655 g/mol. The van der Waals surface area contributed by atoms with Gasteiger partial charge in [-0.3, -0.25) is 29.0 Å². The van der Waals surface area contributed by atoms with Crippen LogP contribution in [0.25, 0.3) is 0 Å². The lowest BCUT2D eigenvalue weighted by atomic mass is 9.99. The number of carbonyl (C=O) groups is 5. The molecule has 4 bridgehead atoms. The van der Waals surface area contributed by atoms with E-state index < -0.39 is 66.0 Å². The van der Waals surface area contributed by atoms with Gasteiger partial charge < -0.3 is 31.3 Å². The largest absolute Gasteiger partial charge is 0.391 e. The molecule has 0 spiro atoms. The summed E-state index contributed by atoms with van der Waals surface area (Å²) >= 11 is 2.61. The highest BCUT2D eigenvalue weighted by atomic mass is 32.2. The molecule has 0 unspecified atom stereocenters.